The summed E-state index contributed by atoms with van der Waals surface area (Å²) in [6, 6.07) is 9.31. The van der Waals surface area contributed by atoms with Crippen LogP contribution >= 0.6 is 0 Å². The Morgan fingerprint density at radius 3 is 2.68 bits per heavy atom. The Morgan fingerprint density at radius 2 is 2.00 bits per heavy atom. The zero-order valence-corrected chi connectivity index (χ0v) is 13.4. The number of esters is 1. The minimum atomic E-state index is -0.912. The molecular formula is C19H23NO2. The van der Waals surface area contributed by atoms with Gasteiger partial charge in [-0.2, -0.15) is 5.26 Å². The van der Waals surface area contributed by atoms with Crippen LogP contribution in [0.3, 0.4) is 0 Å². The first kappa shape index (κ1) is 17.8. The molecule has 0 radical (unpaired) electrons. The molecule has 1 atom stereocenters. The van der Waals surface area contributed by atoms with Gasteiger partial charge in [-0.3, -0.25) is 4.79 Å². The van der Waals surface area contributed by atoms with Crippen molar-refractivity contribution in [3.8, 4) is 17.9 Å². The number of carbonyl (C=O) groups is 1. The van der Waals surface area contributed by atoms with E-state index in [-0.39, 0.29) is 6.61 Å². The van der Waals surface area contributed by atoms with Gasteiger partial charge in [-0.1, -0.05) is 56.2 Å². The zero-order chi connectivity index (χ0) is 16.2. The number of carbonyl (C=O) groups excluding carboxylic acids is 1. The lowest BCUT2D eigenvalue weighted by Crippen LogP contribution is -2.15. The first-order chi connectivity index (χ1) is 10.7. The molecule has 0 fully saturated rings. The van der Waals surface area contributed by atoms with Crippen molar-refractivity contribution in [3.05, 3.63) is 35.4 Å². The summed E-state index contributed by atoms with van der Waals surface area (Å²) in [6.45, 7) is 4.18. The largest absolute Gasteiger partial charge is 0.465 e. The number of unbranched alkanes of at least 4 members (excludes halogenated alkanes) is 4. The maximum Gasteiger partial charge on any atom is 0.327 e. The maximum atomic E-state index is 11.9. The van der Waals surface area contributed by atoms with E-state index in [9.17, 15) is 10.1 Å². The molecule has 0 saturated carbocycles. The topological polar surface area (TPSA) is 50.1 Å². The predicted molar refractivity (Wildman–Crippen MR) is 87.1 cm³/mol. The highest BCUT2D eigenvalue weighted by Crippen LogP contribution is 2.20. The zero-order valence-electron chi connectivity index (χ0n) is 13.4. The van der Waals surface area contributed by atoms with Gasteiger partial charge in [0.25, 0.3) is 0 Å². The molecule has 0 N–H and O–H groups in total. The molecule has 22 heavy (non-hydrogen) atoms. The quantitative estimate of drug-likeness (QED) is 0.431. The normalized spacial score (nSPS) is 11.0. The van der Waals surface area contributed by atoms with Crippen LogP contribution in [0, 0.1) is 23.2 Å². The Bertz CT molecular complexity index is 575. The van der Waals surface area contributed by atoms with E-state index in [1.165, 1.54) is 19.3 Å². The van der Waals surface area contributed by atoms with Crippen LogP contribution < -0.4 is 0 Å². The molecule has 0 aliphatic rings. The molecule has 0 aromatic heterocycles. The highest BCUT2D eigenvalue weighted by molar-refractivity contribution is 5.82. The van der Waals surface area contributed by atoms with E-state index in [4.69, 9.17) is 4.74 Å². The number of hydrogen-bond acceptors (Lipinski definition) is 3. The first-order valence-electron chi connectivity index (χ1n) is 7.88. The van der Waals surface area contributed by atoms with Crippen LogP contribution in [0.1, 0.15) is 63.0 Å². The van der Waals surface area contributed by atoms with Crippen LogP contribution in [-0.4, -0.2) is 12.6 Å². The van der Waals surface area contributed by atoms with Gasteiger partial charge in [0, 0.05) is 12.0 Å². The maximum absolute atomic E-state index is 11.9. The van der Waals surface area contributed by atoms with E-state index in [1.54, 1.807) is 13.0 Å². The number of nitriles is 1. The SMILES string of the molecule is CCCCCCC#Cc1ccccc1C(C#N)C(=O)OCC. The van der Waals surface area contributed by atoms with E-state index in [1.807, 2.05) is 24.3 Å². The first-order valence-corrected chi connectivity index (χ1v) is 7.88. The second-order valence-electron chi connectivity index (χ2n) is 5.01. The Morgan fingerprint density at radius 1 is 1.23 bits per heavy atom. The van der Waals surface area contributed by atoms with Crippen molar-refractivity contribution in [2.24, 2.45) is 0 Å². The molecule has 1 aromatic carbocycles. The Kier molecular flexibility index (Phi) is 8.46. The van der Waals surface area contributed by atoms with E-state index >= 15 is 0 Å². The smallest absolute Gasteiger partial charge is 0.327 e. The van der Waals surface area contributed by atoms with Crippen molar-refractivity contribution in [2.45, 2.75) is 51.9 Å². The second kappa shape index (κ2) is 10.5. The highest BCUT2D eigenvalue weighted by atomic mass is 16.5. The van der Waals surface area contributed by atoms with Gasteiger partial charge in [0.2, 0.25) is 0 Å². The van der Waals surface area contributed by atoms with Gasteiger partial charge in [-0.05, 0) is 25.0 Å². The number of nitrogens with zero attached hydrogens (tertiary/aromatic N) is 1. The van der Waals surface area contributed by atoms with Crippen molar-refractivity contribution >= 4 is 5.97 Å². The summed E-state index contributed by atoms with van der Waals surface area (Å²) in [5, 5.41) is 9.27. The summed E-state index contributed by atoms with van der Waals surface area (Å²) in [5.74, 6) is 4.81. The Balaban J connectivity index is 2.83. The minimum Gasteiger partial charge on any atom is -0.465 e. The molecule has 0 bridgehead atoms. The summed E-state index contributed by atoms with van der Waals surface area (Å²) in [7, 11) is 0. The third-order valence-corrected chi connectivity index (χ3v) is 3.30. The number of hydrogen-bond donors (Lipinski definition) is 0. The van der Waals surface area contributed by atoms with Crippen molar-refractivity contribution in [2.75, 3.05) is 6.61 Å². The van der Waals surface area contributed by atoms with Gasteiger partial charge in [0.15, 0.2) is 5.92 Å². The average Bonchev–Trinajstić information content (AvgIpc) is 2.53. The highest BCUT2D eigenvalue weighted by Gasteiger charge is 2.23. The lowest BCUT2D eigenvalue weighted by molar-refractivity contribution is -0.143. The minimum absolute atomic E-state index is 0.266. The summed E-state index contributed by atoms with van der Waals surface area (Å²) < 4.78 is 4.96. The molecular weight excluding hydrogens is 274 g/mol. The van der Waals surface area contributed by atoms with Gasteiger partial charge in [0.1, 0.15) is 0 Å². The van der Waals surface area contributed by atoms with E-state index in [0.717, 1.165) is 18.4 Å². The van der Waals surface area contributed by atoms with E-state index < -0.39 is 11.9 Å². The van der Waals surface area contributed by atoms with E-state index in [0.29, 0.717) is 5.56 Å². The molecule has 1 aromatic rings. The van der Waals surface area contributed by atoms with Crippen LogP contribution in [0.2, 0.25) is 0 Å². The summed E-state index contributed by atoms with van der Waals surface area (Å²) in [6.07, 6.45) is 5.56. The lowest BCUT2D eigenvalue weighted by atomic mass is 9.95. The molecule has 0 amide bonds. The molecule has 0 heterocycles. The number of ether oxygens (including phenoxy) is 1. The third-order valence-electron chi connectivity index (χ3n) is 3.30. The summed E-state index contributed by atoms with van der Waals surface area (Å²) >= 11 is 0. The third kappa shape index (κ3) is 5.62. The van der Waals surface area contributed by atoms with Crippen LogP contribution in [0.15, 0.2) is 24.3 Å². The monoisotopic (exact) mass is 297 g/mol. The molecule has 116 valence electrons. The summed E-state index contributed by atoms with van der Waals surface area (Å²) in [4.78, 5) is 11.9. The fraction of sp³-hybridized carbons (Fsp3) is 0.474. The molecule has 0 saturated heterocycles. The number of rotatable bonds is 7. The summed E-state index contributed by atoms with van der Waals surface area (Å²) in [5.41, 5.74) is 1.36. The molecule has 1 rings (SSSR count). The van der Waals surface area contributed by atoms with Gasteiger partial charge in [-0.25, -0.2) is 0 Å². The van der Waals surface area contributed by atoms with Crippen LogP contribution in [0.4, 0.5) is 0 Å². The molecule has 0 aliphatic heterocycles. The Hall–Kier alpha value is -2.26. The van der Waals surface area contributed by atoms with E-state index in [2.05, 4.69) is 18.8 Å². The molecule has 1 unspecified atom stereocenters. The average molecular weight is 297 g/mol. The van der Waals surface area contributed by atoms with Gasteiger partial charge in [-0.15, -0.1) is 0 Å². The van der Waals surface area contributed by atoms with Crippen molar-refractivity contribution in [1.82, 2.24) is 0 Å². The molecule has 0 aliphatic carbocycles. The fourth-order valence-electron chi connectivity index (χ4n) is 2.14. The molecule has 3 heteroatoms. The van der Waals surface area contributed by atoms with Gasteiger partial charge < -0.3 is 4.74 Å². The standard InChI is InChI=1S/C19H23NO2/c1-3-5-6-7-8-9-12-16-13-10-11-14-17(16)18(15-20)19(21)22-4-2/h10-11,13-14,18H,3-8H2,1-2H3. The molecule has 0 spiro atoms. The van der Waals surface area contributed by atoms with Crippen LogP contribution in [0.5, 0.6) is 0 Å². The van der Waals surface area contributed by atoms with Gasteiger partial charge >= 0.3 is 5.97 Å². The predicted octanol–water partition coefficient (Wildman–Crippen LogP) is 4.18. The fourth-order valence-corrected chi connectivity index (χ4v) is 2.14. The number of benzene rings is 1. The Labute approximate surface area is 133 Å². The van der Waals surface area contributed by atoms with Crippen molar-refractivity contribution in [3.63, 3.8) is 0 Å². The lowest BCUT2D eigenvalue weighted by Gasteiger charge is -2.10. The van der Waals surface area contributed by atoms with Crippen molar-refractivity contribution in [1.29, 1.82) is 5.26 Å². The van der Waals surface area contributed by atoms with Crippen LogP contribution in [0.25, 0.3) is 0 Å². The van der Waals surface area contributed by atoms with Gasteiger partial charge in [0.05, 0.1) is 12.7 Å². The molecule has 3 nitrogen and oxygen atoms in total. The second-order valence-corrected chi connectivity index (χ2v) is 5.01. The van der Waals surface area contributed by atoms with Crippen molar-refractivity contribution < 1.29 is 9.53 Å². The van der Waals surface area contributed by atoms with Crippen LogP contribution in [-0.2, 0) is 9.53 Å².